The summed E-state index contributed by atoms with van der Waals surface area (Å²) in [5, 5.41) is 0. The number of benzene rings is 4. The van der Waals surface area contributed by atoms with Crippen molar-refractivity contribution in [2.24, 2.45) is 0 Å². The van der Waals surface area contributed by atoms with Crippen LogP contribution in [0.25, 0.3) is 0 Å². The molecular weight excluding hydrogens is 1100 g/mol. The van der Waals surface area contributed by atoms with Crippen LogP contribution in [0, 0.1) is 11.6 Å². The highest BCUT2D eigenvalue weighted by Gasteiger charge is 2.41. The first-order valence-corrected chi connectivity index (χ1v) is 27.3. The molecule has 4 saturated heterocycles. The summed E-state index contributed by atoms with van der Waals surface area (Å²) in [4.78, 5) is 66.2. The molecule has 2 amide bonds. The molecule has 4 aliphatic rings. The zero-order valence-corrected chi connectivity index (χ0v) is 45.3. The Kier molecular flexibility index (Phi) is 21.2. The van der Waals surface area contributed by atoms with E-state index >= 15 is 9.59 Å². The molecule has 0 aliphatic carbocycles. The highest BCUT2D eigenvalue weighted by molar-refractivity contribution is 6.30. The van der Waals surface area contributed by atoms with Gasteiger partial charge in [-0.2, -0.15) is 0 Å². The fourth-order valence-corrected chi connectivity index (χ4v) is 10.4. The summed E-state index contributed by atoms with van der Waals surface area (Å²) in [5.41, 5.74) is 0.501. The van der Waals surface area contributed by atoms with Gasteiger partial charge in [-0.05, 0) is 112 Å². The third-order valence-electron chi connectivity index (χ3n) is 14.8. The highest BCUT2D eigenvalue weighted by Crippen LogP contribution is 2.34. The second kappa shape index (κ2) is 28.2. The van der Waals surface area contributed by atoms with Crippen molar-refractivity contribution in [2.45, 2.75) is 140 Å². The second-order valence-corrected chi connectivity index (χ2v) is 20.8. The average Bonchev–Trinajstić information content (AvgIpc) is 3.64. The van der Waals surface area contributed by atoms with Crippen LogP contribution in [0.4, 0.5) is 35.1 Å². The van der Waals surface area contributed by atoms with Crippen LogP contribution in [0.3, 0.4) is 0 Å². The van der Waals surface area contributed by atoms with Crippen LogP contribution in [0.1, 0.15) is 99.7 Å². The van der Waals surface area contributed by atoms with Crippen molar-refractivity contribution in [1.29, 1.82) is 0 Å². The lowest BCUT2D eigenvalue weighted by Gasteiger charge is -2.40. The molecule has 0 N–H and O–H groups in total. The molecule has 24 heteroatoms. The standard InChI is InChI=1S/C58H66F8N4O12/c1-37-25-33-75-49(77-37)23-31-67-27-19-45(20-28-67)69(35-39-3-11-43(59)12-4-39)53(71)51(41-7-15-47(16-8-41)81-57(61,62)63)79-55(73)56(74)80-52(42-9-17-48(18-10-42)82-58(64,65)66)54(72)70(36-40-5-13-44(60)14-6-40)46-21-29-68(30-22-46)32-24-50-76-34-26-38(2)78-50/h3-18,37-38,45-46,49-52H,19-36H2,1-2H3. The third-order valence-corrected chi connectivity index (χ3v) is 14.8. The third kappa shape index (κ3) is 18.3. The van der Waals surface area contributed by atoms with E-state index in [1.165, 1.54) is 58.3 Å². The van der Waals surface area contributed by atoms with Gasteiger partial charge in [0.05, 0.1) is 25.4 Å². The lowest BCUT2D eigenvalue weighted by molar-refractivity contribution is -0.275. The fourth-order valence-electron chi connectivity index (χ4n) is 10.4. The first-order chi connectivity index (χ1) is 39.1. The van der Waals surface area contributed by atoms with Crippen LogP contribution in [-0.4, -0.2) is 145 Å². The number of amides is 2. The molecule has 0 radical (unpaired) electrons. The molecule has 446 valence electrons. The maximum atomic E-state index is 15.2. The Hall–Kier alpha value is -6.44. The van der Waals surface area contributed by atoms with Crippen molar-refractivity contribution < 1.29 is 92.2 Å². The molecule has 0 bridgehead atoms. The Morgan fingerprint density at radius 3 is 1.18 bits per heavy atom. The van der Waals surface area contributed by atoms with Crippen LogP contribution < -0.4 is 9.47 Å². The maximum absolute atomic E-state index is 15.2. The molecule has 4 heterocycles. The second-order valence-electron chi connectivity index (χ2n) is 20.8. The summed E-state index contributed by atoms with van der Waals surface area (Å²) in [6.45, 7) is 7.89. The van der Waals surface area contributed by atoms with E-state index in [1.807, 2.05) is 13.8 Å². The molecule has 4 fully saturated rings. The monoisotopic (exact) mass is 1160 g/mol. The van der Waals surface area contributed by atoms with Gasteiger partial charge < -0.3 is 57.5 Å². The van der Waals surface area contributed by atoms with Crippen molar-refractivity contribution >= 4 is 23.8 Å². The Labute approximate surface area is 469 Å². The Balaban J connectivity index is 1.06. The first kappa shape index (κ1) is 61.6. The SMILES string of the molecule is CC1CCOC(CCN2CCC(N(Cc3ccc(F)cc3)C(=O)C(OC(=O)C(=O)OC(C(=O)N(Cc3ccc(F)cc3)C3CCN(CCC4OCCC(C)O4)CC3)c3ccc(OC(F)(F)F)cc3)c3ccc(OC(F)(F)F)cc3)CC2)O1. The molecule has 8 rings (SSSR count). The lowest BCUT2D eigenvalue weighted by Crippen LogP contribution is -2.50. The molecule has 4 aliphatic heterocycles. The molecule has 6 unspecified atom stereocenters. The number of likely N-dealkylation sites (tertiary alicyclic amines) is 2. The van der Waals surface area contributed by atoms with Gasteiger partial charge in [-0.1, -0.05) is 48.5 Å². The molecule has 4 aromatic carbocycles. The fraction of sp³-hybridized carbons (Fsp3) is 0.517. The molecular formula is C58H66F8N4O12. The number of nitrogens with zero attached hydrogens (tertiary/aromatic N) is 4. The highest BCUT2D eigenvalue weighted by atomic mass is 19.4. The van der Waals surface area contributed by atoms with Crippen molar-refractivity contribution in [3.8, 4) is 11.5 Å². The minimum atomic E-state index is -5.10. The topological polar surface area (TPSA) is 155 Å². The molecule has 16 nitrogen and oxygen atoms in total. The number of piperidine rings is 2. The zero-order valence-electron chi connectivity index (χ0n) is 45.3. The summed E-state index contributed by atoms with van der Waals surface area (Å²) in [7, 11) is 0. The van der Waals surface area contributed by atoms with E-state index in [0.29, 0.717) is 102 Å². The van der Waals surface area contributed by atoms with Gasteiger partial charge in [0.2, 0.25) is 12.2 Å². The molecule has 0 spiro atoms. The largest absolute Gasteiger partial charge is 0.573 e. The number of esters is 2. The first-order valence-electron chi connectivity index (χ1n) is 27.3. The molecule has 0 saturated carbocycles. The van der Waals surface area contributed by atoms with Gasteiger partial charge in [0.1, 0.15) is 23.1 Å². The van der Waals surface area contributed by atoms with Crippen molar-refractivity contribution in [1.82, 2.24) is 19.6 Å². The van der Waals surface area contributed by atoms with Gasteiger partial charge in [0.15, 0.2) is 12.6 Å². The summed E-state index contributed by atoms with van der Waals surface area (Å²) in [5.74, 6) is -8.02. The van der Waals surface area contributed by atoms with Crippen molar-refractivity contribution in [2.75, 3.05) is 52.5 Å². The predicted molar refractivity (Wildman–Crippen MR) is 276 cm³/mol. The number of rotatable bonds is 20. The van der Waals surface area contributed by atoms with Crippen LogP contribution in [0.2, 0.25) is 0 Å². The van der Waals surface area contributed by atoms with Crippen molar-refractivity contribution in [3.05, 3.63) is 131 Å². The molecule has 0 aromatic heterocycles. The number of carbonyl (C=O) groups excluding carboxylic acids is 4. The van der Waals surface area contributed by atoms with E-state index in [4.69, 9.17) is 28.4 Å². The Bertz CT molecular complexity index is 2520. The minimum Gasteiger partial charge on any atom is -0.439 e. The van der Waals surface area contributed by atoms with E-state index in [-0.39, 0.29) is 49.0 Å². The zero-order chi connectivity index (χ0) is 58.6. The minimum absolute atomic E-state index is 0.0421. The van der Waals surface area contributed by atoms with Gasteiger partial charge in [-0.15, -0.1) is 26.3 Å². The summed E-state index contributed by atoms with van der Waals surface area (Å²) >= 11 is 0. The average molecular weight is 1160 g/mol. The van der Waals surface area contributed by atoms with Crippen molar-refractivity contribution in [3.63, 3.8) is 0 Å². The number of hydrogen-bond acceptors (Lipinski definition) is 14. The summed E-state index contributed by atoms with van der Waals surface area (Å²) in [6.07, 6.45) is -10.8. The van der Waals surface area contributed by atoms with Gasteiger partial charge >= 0.3 is 24.7 Å². The molecule has 82 heavy (non-hydrogen) atoms. The number of hydrogen-bond donors (Lipinski definition) is 0. The van der Waals surface area contributed by atoms with Gasteiger partial charge in [-0.25, -0.2) is 18.4 Å². The smallest absolute Gasteiger partial charge is 0.439 e. The Morgan fingerprint density at radius 1 is 0.524 bits per heavy atom. The van der Waals surface area contributed by atoms with Gasteiger partial charge in [0, 0.05) is 88.4 Å². The van der Waals surface area contributed by atoms with E-state index in [9.17, 15) is 44.7 Å². The van der Waals surface area contributed by atoms with Crippen LogP contribution in [0.15, 0.2) is 97.1 Å². The van der Waals surface area contributed by atoms with Crippen LogP contribution in [0.5, 0.6) is 11.5 Å². The van der Waals surface area contributed by atoms with Gasteiger partial charge in [0.25, 0.3) is 11.8 Å². The van der Waals surface area contributed by atoms with E-state index in [0.717, 1.165) is 61.4 Å². The number of carbonyl (C=O) groups is 4. The van der Waals surface area contributed by atoms with Gasteiger partial charge in [-0.3, -0.25) is 9.59 Å². The number of halogens is 8. The summed E-state index contributed by atoms with van der Waals surface area (Å²) < 4.78 is 151. The van der Waals surface area contributed by atoms with E-state index < -0.39 is 83.9 Å². The predicted octanol–water partition coefficient (Wildman–Crippen LogP) is 9.70. The summed E-state index contributed by atoms with van der Waals surface area (Å²) in [6, 6.07) is 17.0. The maximum Gasteiger partial charge on any atom is 0.573 e. The van der Waals surface area contributed by atoms with E-state index in [1.54, 1.807) is 0 Å². The Morgan fingerprint density at radius 2 is 0.866 bits per heavy atom. The lowest BCUT2D eigenvalue weighted by atomic mass is 9.99. The van der Waals surface area contributed by atoms with Crippen LogP contribution in [-0.2, 0) is 60.7 Å². The van der Waals surface area contributed by atoms with Crippen LogP contribution >= 0.6 is 0 Å². The normalized spacial score (nSPS) is 21.4. The number of alkyl halides is 6. The molecule has 4 aromatic rings. The quantitative estimate of drug-likeness (QED) is 0.0468. The van der Waals surface area contributed by atoms with E-state index in [2.05, 4.69) is 19.3 Å². The molecule has 6 atom stereocenters. The number of ether oxygens (including phenoxy) is 8.